The Morgan fingerprint density at radius 2 is 1.93 bits per heavy atom. The summed E-state index contributed by atoms with van der Waals surface area (Å²) < 4.78 is 7.49. The van der Waals surface area contributed by atoms with Crippen LogP contribution in [0.25, 0.3) is 11.6 Å². The minimum atomic E-state index is -1.26. The van der Waals surface area contributed by atoms with E-state index in [4.69, 9.17) is 20.7 Å². The molecule has 0 aliphatic heterocycles. The van der Waals surface area contributed by atoms with Crippen LogP contribution < -0.4 is 16.3 Å². The Hall–Kier alpha value is -3.13. The van der Waals surface area contributed by atoms with E-state index in [0.29, 0.717) is 12.2 Å². The average Bonchev–Trinajstić information content (AvgIpc) is 3.14. The zero-order valence-corrected chi connectivity index (χ0v) is 16.3. The molecule has 4 N–H and O–H groups in total. The Bertz CT molecular complexity index is 978. The zero-order chi connectivity index (χ0) is 21.1. The highest BCUT2D eigenvalue weighted by atomic mass is 16.5. The van der Waals surface area contributed by atoms with Gasteiger partial charge in [0, 0.05) is 34.4 Å². The smallest absolute Gasteiger partial charge is 0.328 e. The zero-order valence-electron chi connectivity index (χ0n) is 16.3. The molecule has 0 unspecified atom stereocenters. The molecule has 28 heavy (non-hydrogen) atoms. The molecule has 0 aromatic carbocycles. The van der Waals surface area contributed by atoms with Crippen molar-refractivity contribution in [2.45, 2.75) is 33.4 Å². The number of carbonyl (C=O) groups is 2. The standard InChI is InChI=1S/C16H21N3O.C4H4O4/c1-10(17)9-19-13-7-11-14(20-4)5-6-16(2,3)15(11)12(13)8-18-19;5-3(6)1-2-4(7)8/h5-8,10H,9,17H2,1-4H3;1-2H,(H,5,6)(H,7,8)/b;2-1+/t10-;/m0./s1. The molecule has 0 saturated heterocycles. The lowest BCUT2D eigenvalue weighted by molar-refractivity contribution is -0.134. The minimum absolute atomic E-state index is 0.0126. The second-order valence-electron chi connectivity index (χ2n) is 7.17. The molecule has 0 radical (unpaired) electrons. The number of ether oxygens (including phenoxy) is 1. The van der Waals surface area contributed by atoms with E-state index in [-0.39, 0.29) is 11.5 Å². The van der Waals surface area contributed by atoms with Gasteiger partial charge in [0.1, 0.15) is 5.76 Å². The van der Waals surface area contributed by atoms with Crippen molar-refractivity contribution in [3.63, 3.8) is 0 Å². The second-order valence-corrected chi connectivity index (χ2v) is 7.17. The minimum Gasteiger partial charge on any atom is -0.496 e. The van der Waals surface area contributed by atoms with Crippen LogP contribution >= 0.6 is 0 Å². The van der Waals surface area contributed by atoms with Crippen LogP contribution in [0.15, 0.2) is 41.8 Å². The molecule has 8 nitrogen and oxygen atoms in total. The first-order valence-electron chi connectivity index (χ1n) is 8.72. The first kappa shape index (κ1) is 21.2. The highest BCUT2D eigenvalue weighted by molar-refractivity contribution is 5.89. The van der Waals surface area contributed by atoms with Crippen LogP contribution in [0.4, 0.5) is 0 Å². The number of nitrogens with two attached hydrogens (primary N) is 1. The summed E-state index contributed by atoms with van der Waals surface area (Å²) in [5, 5.41) is 22.4. The van der Waals surface area contributed by atoms with Crippen molar-refractivity contribution in [1.29, 1.82) is 0 Å². The first-order chi connectivity index (χ1) is 13.1. The number of methoxy groups -OCH3 is 1. The summed E-state index contributed by atoms with van der Waals surface area (Å²) in [6, 6.07) is 0.0852. The summed E-state index contributed by atoms with van der Waals surface area (Å²) in [7, 11) is 1.72. The third-order valence-corrected chi connectivity index (χ3v) is 4.31. The van der Waals surface area contributed by atoms with Crippen molar-refractivity contribution in [2.24, 2.45) is 11.1 Å². The first-order valence-corrected chi connectivity index (χ1v) is 8.72. The van der Waals surface area contributed by atoms with Gasteiger partial charge in [0.25, 0.3) is 0 Å². The third kappa shape index (κ3) is 4.58. The fraction of sp³-hybridized carbons (Fsp3) is 0.350. The lowest BCUT2D eigenvalue weighted by atomic mass is 9.77. The molecule has 3 rings (SSSR count). The van der Waals surface area contributed by atoms with Gasteiger partial charge in [-0.05, 0) is 24.6 Å². The van der Waals surface area contributed by atoms with Gasteiger partial charge in [0.2, 0.25) is 0 Å². The summed E-state index contributed by atoms with van der Waals surface area (Å²) in [5.41, 5.74) is 8.35. The maximum atomic E-state index is 9.55. The number of fused-ring (bicyclic) bond motifs is 2. The summed E-state index contributed by atoms with van der Waals surface area (Å²) in [4.78, 5) is 19.1. The number of hydrogen-bond donors (Lipinski definition) is 3. The van der Waals surface area contributed by atoms with Gasteiger partial charge in [-0.2, -0.15) is 5.10 Å². The number of nitrogens with zero attached hydrogens (tertiary/aromatic N) is 2. The van der Waals surface area contributed by atoms with Crippen LogP contribution in [0, 0.1) is 5.41 Å². The van der Waals surface area contributed by atoms with Gasteiger partial charge in [-0.25, -0.2) is 9.59 Å². The maximum Gasteiger partial charge on any atom is 0.328 e. The summed E-state index contributed by atoms with van der Waals surface area (Å²) in [6.45, 7) is 7.16. The molecule has 1 aromatic heterocycles. The van der Waals surface area contributed by atoms with E-state index in [9.17, 15) is 9.59 Å². The lowest BCUT2D eigenvalue weighted by Gasteiger charge is -2.28. The Labute approximate surface area is 162 Å². The topological polar surface area (TPSA) is 128 Å². The highest BCUT2D eigenvalue weighted by Gasteiger charge is 2.32. The van der Waals surface area contributed by atoms with Crippen LogP contribution in [0.5, 0.6) is 0 Å². The third-order valence-electron chi connectivity index (χ3n) is 4.31. The van der Waals surface area contributed by atoms with Crippen molar-refractivity contribution >= 4 is 23.6 Å². The predicted octanol–water partition coefficient (Wildman–Crippen LogP) is 0.383. The van der Waals surface area contributed by atoms with Gasteiger partial charge < -0.3 is 20.7 Å². The summed E-state index contributed by atoms with van der Waals surface area (Å²) in [5.74, 6) is -1.59. The van der Waals surface area contributed by atoms with E-state index in [1.807, 2.05) is 17.8 Å². The van der Waals surface area contributed by atoms with E-state index >= 15 is 0 Å². The van der Waals surface area contributed by atoms with Crippen LogP contribution in [0.1, 0.15) is 20.8 Å². The molecule has 0 amide bonds. The lowest BCUT2D eigenvalue weighted by Crippen LogP contribution is -2.34. The Balaban J connectivity index is 0.000000300. The van der Waals surface area contributed by atoms with Crippen molar-refractivity contribution in [3.8, 4) is 0 Å². The van der Waals surface area contributed by atoms with E-state index in [0.717, 1.165) is 17.7 Å². The number of aromatic nitrogens is 2. The average molecular weight is 387 g/mol. The summed E-state index contributed by atoms with van der Waals surface area (Å²) >= 11 is 0. The van der Waals surface area contributed by atoms with E-state index in [1.165, 1.54) is 16.4 Å². The fourth-order valence-corrected chi connectivity index (χ4v) is 3.18. The van der Waals surface area contributed by atoms with Crippen LogP contribution in [-0.2, 0) is 20.9 Å². The van der Waals surface area contributed by atoms with E-state index in [1.54, 1.807) is 7.11 Å². The molecule has 0 spiro atoms. The quantitative estimate of drug-likeness (QED) is 0.623. The van der Waals surface area contributed by atoms with Crippen molar-refractivity contribution in [1.82, 2.24) is 9.78 Å². The largest absolute Gasteiger partial charge is 0.496 e. The molecule has 2 aliphatic rings. The van der Waals surface area contributed by atoms with Gasteiger partial charge >= 0.3 is 11.9 Å². The monoisotopic (exact) mass is 387 g/mol. The molecular weight excluding hydrogens is 362 g/mol. The van der Waals surface area contributed by atoms with Crippen LogP contribution in [-0.4, -0.2) is 45.1 Å². The van der Waals surface area contributed by atoms with Gasteiger partial charge in [0.15, 0.2) is 0 Å². The SMILES string of the molecule is COC1=C2C=c3c(cnn3C[C@H](C)N)=C2C(C)(C)C=C1.O=C(O)/C=C/C(=O)O. The number of carboxylic acid groups (broad SMARTS) is 2. The van der Waals surface area contributed by atoms with E-state index < -0.39 is 11.9 Å². The molecule has 0 fully saturated rings. The number of hydrogen-bond acceptors (Lipinski definition) is 5. The normalized spacial score (nSPS) is 17.4. The van der Waals surface area contributed by atoms with Crippen LogP contribution in [0.3, 0.4) is 0 Å². The van der Waals surface area contributed by atoms with E-state index in [2.05, 4.69) is 37.2 Å². The van der Waals surface area contributed by atoms with Crippen molar-refractivity contribution in [3.05, 3.63) is 52.4 Å². The second kappa shape index (κ2) is 8.26. The molecule has 1 atom stereocenters. The van der Waals surface area contributed by atoms with Gasteiger partial charge in [-0.15, -0.1) is 0 Å². The number of rotatable bonds is 5. The van der Waals surface area contributed by atoms with Gasteiger partial charge in [-0.3, -0.25) is 4.68 Å². The fourth-order valence-electron chi connectivity index (χ4n) is 3.18. The predicted molar refractivity (Wildman–Crippen MR) is 104 cm³/mol. The maximum absolute atomic E-state index is 9.55. The highest BCUT2D eigenvalue weighted by Crippen LogP contribution is 2.41. The molecule has 0 bridgehead atoms. The number of aliphatic carboxylic acids is 2. The van der Waals surface area contributed by atoms with Gasteiger partial charge in [0.05, 0.1) is 25.2 Å². The molecule has 150 valence electrons. The van der Waals surface area contributed by atoms with Crippen molar-refractivity contribution in [2.75, 3.05) is 7.11 Å². The molecular formula is C20H25N3O5. The van der Waals surface area contributed by atoms with Crippen LogP contribution in [0.2, 0.25) is 0 Å². The van der Waals surface area contributed by atoms with Crippen molar-refractivity contribution < 1.29 is 24.5 Å². The Kier molecular flexibility index (Phi) is 6.25. The number of carboxylic acids is 2. The Morgan fingerprint density at radius 3 is 2.43 bits per heavy atom. The molecule has 0 saturated carbocycles. The Morgan fingerprint density at radius 1 is 1.32 bits per heavy atom. The summed E-state index contributed by atoms with van der Waals surface area (Å²) in [6.07, 6.45) is 9.49. The molecule has 1 aromatic rings. The molecule has 1 heterocycles. The number of allylic oxidation sites excluding steroid dienone is 3. The molecule has 2 aliphatic carbocycles. The molecule has 8 heteroatoms. The van der Waals surface area contributed by atoms with Gasteiger partial charge in [-0.1, -0.05) is 19.9 Å².